The van der Waals surface area contributed by atoms with Crippen LogP contribution in [-0.4, -0.2) is 29.9 Å². The van der Waals surface area contributed by atoms with Gasteiger partial charge in [-0.25, -0.2) is 15.0 Å². The molecule has 0 aromatic heterocycles. The molecule has 0 aliphatic carbocycles. The van der Waals surface area contributed by atoms with Gasteiger partial charge in [0, 0.05) is 5.69 Å². The largest absolute Gasteiger partial charge is 0.490 e. The van der Waals surface area contributed by atoms with E-state index < -0.39 is 12.0 Å². The molecule has 0 aliphatic heterocycles. The van der Waals surface area contributed by atoms with E-state index in [0.717, 1.165) is 5.56 Å². The summed E-state index contributed by atoms with van der Waals surface area (Å²) in [4.78, 5) is 23.3. The van der Waals surface area contributed by atoms with Gasteiger partial charge < -0.3 is 19.9 Å². The van der Waals surface area contributed by atoms with E-state index >= 15 is 0 Å². The first-order chi connectivity index (χ1) is 16.4. The highest BCUT2D eigenvalue weighted by Crippen LogP contribution is 2.37. The Hall–Kier alpha value is -4.04. The van der Waals surface area contributed by atoms with E-state index in [-0.39, 0.29) is 17.2 Å². The maximum absolute atomic E-state index is 12.1. The predicted molar refractivity (Wildman–Crippen MR) is 131 cm³/mol. The van der Waals surface area contributed by atoms with Crippen molar-refractivity contribution in [2.75, 3.05) is 11.9 Å². The van der Waals surface area contributed by atoms with Crippen molar-refractivity contribution in [1.82, 2.24) is 5.43 Å². The summed E-state index contributed by atoms with van der Waals surface area (Å²) in [6.45, 7) is 4.20. The third-order valence-corrected chi connectivity index (χ3v) is 4.94. The fraction of sp³-hybridized carbons (Fsp3) is 0.160. The molecule has 176 valence electrons. The van der Waals surface area contributed by atoms with E-state index in [2.05, 4.69) is 15.8 Å². The fourth-order valence-corrected chi connectivity index (χ4v) is 3.32. The minimum atomic E-state index is -1.01. The highest BCUT2D eigenvalue weighted by atomic mass is 35.5. The Morgan fingerprint density at radius 2 is 1.88 bits per heavy atom. The number of benzene rings is 3. The summed E-state index contributed by atoms with van der Waals surface area (Å²) in [6, 6.07) is 16.7. The average Bonchev–Trinajstić information content (AvgIpc) is 2.80. The Labute approximate surface area is 202 Å². The molecule has 0 aliphatic rings. The predicted octanol–water partition coefficient (Wildman–Crippen LogP) is 5.48. The number of nitrogens with zero attached hydrogens (tertiary/aromatic N) is 1. The maximum Gasteiger partial charge on any atom is 0.339 e. The third-order valence-electron chi connectivity index (χ3n) is 4.66. The van der Waals surface area contributed by atoms with Gasteiger partial charge in [-0.15, -0.1) is 0 Å². The maximum atomic E-state index is 12.1. The quantitative estimate of drug-likeness (QED) is 0.277. The molecule has 0 heterocycles. The monoisotopic (exact) mass is 481 g/mol. The number of rotatable bonds is 9. The standard InChI is InChI=1S/C25H24ClN3O5/c1-3-33-22-13-18(14-27-29-25(32)28-21-10-5-4-7-16(21)2)12-20(26)23(22)34-15-17-8-6-9-19(11-17)24(30)31/h4-14H,3,15H2,1-2H3,(H,30,31)(H2,28,29,32). The van der Waals surface area contributed by atoms with Crippen LogP contribution in [0.1, 0.15) is 34.0 Å². The van der Waals surface area contributed by atoms with Crippen LogP contribution >= 0.6 is 11.6 Å². The van der Waals surface area contributed by atoms with Crippen LogP contribution in [0.3, 0.4) is 0 Å². The Balaban J connectivity index is 1.69. The zero-order valence-corrected chi connectivity index (χ0v) is 19.4. The van der Waals surface area contributed by atoms with E-state index in [9.17, 15) is 9.59 Å². The summed E-state index contributed by atoms with van der Waals surface area (Å²) < 4.78 is 11.5. The van der Waals surface area contributed by atoms with Gasteiger partial charge in [0.2, 0.25) is 0 Å². The second kappa shape index (κ2) is 11.7. The summed E-state index contributed by atoms with van der Waals surface area (Å²) in [6.07, 6.45) is 1.44. The number of hydrogen-bond donors (Lipinski definition) is 3. The van der Waals surface area contributed by atoms with Crippen molar-refractivity contribution in [3.63, 3.8) is 0 Å². The molecule has 3 rings (SSSR count). The molecule has 0 radical (unpaired) electrons. The normalized spacial score (nSPS) is 10.7. The summed E-state index contributed by atoms with van der Waals surface area (Å²) >= 11 is 6.42. The summed E-state index contributed by atoms with van der Waals surface area (Å²) in [5, 5.41) is 16.1. The highest BCUT2D eigenvalue weighted by Gasteiger charge is 2.13. The molecule has 3 aromatic rings. The number of urea groups is 1. The lowest BCUT2D eigenvalue weighted by atomic mass is 10.1. The molecule has 2 amide bonds. The molecule has 0 saturated heterocycles. The number of anilines is 1. The van der Waals surface area contributed by atoms with Crippen LogP contribution in [0.15, 0.2) is 65.8 Å². The van der Waals surface area contributed by atoms with E-state index in [0.29, 0.717) is 34.9 Å². The lowest BCUT2D eigenvalue weighted by molar-refractivity contribution is 0.0696. The number of halogens is 1. The molecule has 0 saturated carbocycles. The number of hydrogen-bond acceptors (Lipinski definition) is 5. The Kier molecular flexibility index (Phi) is 8.48. The average molecular weight is 482 g/mol. The zero-order valence-electron chi connectivity index (χ0n) is 18.7. The Morgan fingerprint density at radius 3 is 2.62 bits per heavy atom. The van der Waals surface area contributed by atoms with E-state index in [1.807, 2.05) is 32.0 Å². The first-order valence-electron chi connectivity index (χ1n) is 10.4. The van der Waals surface area contributed by atoms with Gasteiger partial charge in [-0.3, -0.25) is 0 Å². The van der Waals surface area contributed by atoms with Crippen LogP contribution in [0.5, 0.6) is 11.5 Å². The summed E-state index contributed by atoms with van der Waals surface area (Å²) in [5.41, 5.74) is 5.46. The van der Waals surface area contributed by atoms with Crippen LogP contribution in [0.4, 0.5) is 10.5 Å². The SMILES string of the molecule is CCOc1cc(C=NNC(=O)Nc2ccccc2C)cc(Cl)c1OCc1cccc(C(=O)O)c1. The first-order valence-corrected chi connectivity index (χ1v) is 10.8. The number of carboxylic acid groups (broad SMARTS) is 1. The molecule has 0 bridgehead atoms. The molecule has 0 fully saturated rings. The number of amides is 2. The van der Waals surface area contributed by atoms with Crippen LogP contribution < -0.4 is 20.2 Å². The van der Waals surface area contributed by atoms with Gasteiger partial charge in [0.15, 0.2) is 11.5 Å². The minimum Gasteiger partial charge on any atom is -0.490 e. The molecular formula is C25H24ClN3O5. The molecule has 0 spiro atoms. The topological polar surface area (TPSA) is 109 Å². The number of ether oxygens (including phenoxy) is 2. The second-order valence-corrected chi connectivity index (χ2v) is 7.60. The van der Waals surface area contributed by atoms with Crippen LogP contribution in [0.25, 0.3) is 0 Å². The van der Waals surface area contributed by atoms with Gasteiger partial charge in [-0.1, -0.05) is 41.9 Å². The van der Waals surface area contributed by atoms with E-state index in [1.54, 1.807) is 30.3 Å². The Bertz CT molecular complexity index is 1210. The van der Waals surface area contributed by atoms with Crippen molar-refractivity contribution < 1.29 is 24.2 Å². The smallest absolute Gasteiger partial charge is 0.339 e. The van der Waals surface area contributed by atoms with Gasteiger partial charge in [0.25, 0.3) is 0 Å². The van der Waals surface area contributed by atoms with Crippen molar-refractivity contribution in [3.8, 4) is 11.5 Å². The molecule has 3 aromatic carbocycles. The number of carboxylic acids is 1. The van der Waals surface area contributed by atoms with Gasteiger partial charge in [0.05, 0.1) is 23.4 Å². The van der Waals surface area contributed by atoms with Gasteiger partial charge in [0.1, 0.15) is 6.61 Å². The number of carbonyl (C=O) groups excluding carboxylic acids is 1. The van der Waals surface area contributed by atoms with Crippen molar-refractivity contribution >= 4 is 35.5 Å². The minimum absolute atomic E-state index is 0.106. The zero-order chi connectivity index (χ0) is 24.5. The molecule has 0 unspecified atom stereocenters. The van der Waals surface area contributed by atoms with Gasteiger partial charge in [-0.2, -0.15) is 5.10 Å². The Morgan fingerprint density at radius 1 is 1.09 bits per heavy atom. The second-order valence-electron chi connectivity index (χ2n) is 7.20. The van der Waals surface area contributed by atoms with E-state index in [1.165, 1.54) is 18.3 Å². The number of hydrazone groups is 1. The van der Waals surface area contributed by atoms with Crippen molar-refractivity contribution in [1.29, 1.82) is 0 Å². The number of nitrogens with one attached hydrogen (secondary N) is 2. The summed E-state index contributed by atoms with van der Waals surface area (Å²) in [5.74, 6) is -0.290. The van der Waals surface area contributed by atoms with Crippen molar-refractivity contribution in [3.05, 3.63) is 87.9 Å². The summed E-state index contributed by atoms with van der Waals surface area (Å²) in [7, 11) is 0. The number of para-hydroxylation sites is 1. The number of aryl methyl sites for hydroxylation is 1. The molecule has 34 heavy (non-hydrogen) atoms. The fourth-order valence-electron chi connectivity index (χ4n) is 3.04. The number of carbonyl (C=O) groups is 2. The molecule has 9 heteroatoms. The molecular weight excluding hydrogens is 458 g/mol. The molecule has 3 N–H and O–H groups in total. The van der Waals surface area contributed by atoms with Crippen LogP contribution in [0, 0.1) is 6.92 Å². The van der Waals surface area contributed by atoms with Crippen LogP contribution in [-0.2, 0) is 6.61 Å². The van der Waals surface area contributed by atoms with Gasteiger partial charge >= 0.3 is 12.0 Å². The molecule has 0 atom stereocenters. The lowest BCUT2D eigenvalue weighted by Crippen LogP contribution is -2.24. The van der Waals surface area contributed by atoms with Gasteiger partial charge in [-0.05, 0) is 60.9 Å². The van der Waals surface area contributed by atoms with Crippen molar-refractivity contribution in [2.45, 2.75) is 20.5 Å². The molecule has 8 nitrogen and oxygen atoms in total. The third kappa shape index (κ3) is 6.73. The van der Waals surface area contributed by atoms with E-state index in [4.69, 9.17) is 26.2 Å². The lowest BCUT2D eigenvalue weighted by Gasteiger charge is -2.14. The highest BCUT2D eigenvalue weighted by molar-refractivity contribution is 6.32. The van der Waals surface area contributed by atoms with Crippen molar-refractivity contribution in [2.24, 2.45) is 5.10 Å². The first kappa shape index (κ1) is 24.6. The van der Waals surface area contributed by atoms with Crippen LogP contribution in [0.2, 0.25) is 5.02 Å². The number of aromatic carboxylic acids is 1.